The number of hydrogen-bond acceptors (Lipinski definition) is 2. The van der Waals surface area contributed by atoms with Crippen molar-refractivity contribution in [3.63, 3.8) is 0 Å². The maximum absolute atomic E-state index is 11.5. The zero-order valence-electron chi connectivity index (χ0n) is 9.30. The normalized spacial score (nSPS) is 9.94. The molecule has 7 heteroatoms. The van der Waals surface area contributed by atoms with Crippen LogP contribution in [0.2, 0.25) is 10.0 Å². The third-order valence-corrected chi connectivity index (χ3v) is 2.63. The lowest BCUT2D eigenvalue weighted by Crippen LogP contribution is -2.36. The lowest BCUT2D eigenvalue weighted by atomic mass is 10.3. The SMILES string of the molecule is O=C(NCCCCl)C(=O)Nc1cc(Cl)cc(Cl)c1. The molecule has 0 heterocycles. The fourth-order valence-electron chi connectivity index (χ4n) is 1.16. The maximum Gasteiger partial charge on any atom is 0.313 e. The number of alkyl halides is 1. The summed E-state index contributed by atoms with van der Waals surface area (Å²) in [6, 6.07) is 4.52. The van der Waals surface area contributed by atoms with Crippen molar-refractivity contribution in [1.82, 2.24) is 5.32 Å². The number of carbonyl (C=O) groups excluding carboxylic acids is 2. The van der Waals surface area contributed by atoms with Gasteiger partial charge in [0.25, 0.3) is 0 Å². The van der Waals surface area contributed by atoms with Crippen LogP contribution in [0.3, 0.4) is 0 Å². The van der Waals surface area contributed by atoms with Crippen LogP contribution in [0.15, 0.2) is 18.2 Å². The maximum atomic E-state index is 11.5. The topological polar surface area (TPSA) is 58.2 Å². The monoisotopic (exact) mass is 308 g/mol. The van der Waals surface area contributed by atoms with E-state index < -0.39 is 11.8 Å². The van der Waals surface area contributed by atoms with Gasteiger partial charge in [-0.15, -0.1) is 11.6 Å². The van der Waals surface area contributed by atoms with Gasteiger partial charge in [0.2, 0.25) is 0 Å². The fourth-order valence-corrected chi connectivity index (χ4v) is 1.82. The number of nitrogens with one attached hydrogen (secondary N) is 2. The molecule has 4 nitrogen and oxygen atoms in total. The number of benzene rings is 1. The van der Waals surface area contributed by atoms with Gasteiger partial charge in [-0.1, -0.05) is 23.2 Å². The van der Waals surface area contributed by atoms with Crippen LogP contribution in [0.1, 0.15) is 6.42 Å². The summed E-state index contributed by atoms with van der Waals surface area (Å²) in [6.45, 7) is 0.353. The van der Waals surface area contributed by atoms with Gasteiger partial charge in [-0.05, 0) is 24.6 Å². The Balaban J connectivity index is 2.55. The molecule has 1 rings (SSSR count). The van der Waals surface area contributed by atoms with Crippen LogP contribution in [0.4, 0.5) is 5.69 Å². The Hall–Kier alpha value is -0.970. The second-order valence-corrected chi connectivity index (χ2v) is 4.66. The summed E-state index contributed by atoms with van der Waals surface area (Å²) in [5, 5.41) is 5.58. The van der Waals surface area contributed by atoms with E-state index in [0.717, 1.165) is 0 Å². The van der Waals surface area contributed by atoms with Crippen molar-refractivity contribution >= 4 is 52.3 Å². The molecule has 2 N–H and O–H groups in total. The average molecular weight is 310 g/mol. The standard InChI is InChI=1S/C11H11Cl3N2O2/c12-2-1-3-15-10(17)11(18)16-9-5-7(13)4-8(14)6-9/h4-6H,1-3H2,(H,15,17)(H,16,18). The second-order valence-electron chi connectivity index (χ2n) is 3.41. The van der Waals surface area contributed by atoms with E-state index in [9.17, 15) is 9.59 Å². The minimum Gasteiger partial charge on any atom is -0.348 e. The first-order valence-electron chi connectivity index (χ1n) is 5.14. The first kappa shape index (κ1) is 15.1. The van der Waals surface area contributed by atoms with Crippen LogP contribution in [-0.2, 0) is 9.59 Å². The van der Waals surface area contributed by atoms with E-state index in [4.69, 9.17) is 34.8 Å². The highest BCUT2D eigenvalue weighted by Gasteiger charge is 2.13. The Morgan fingerprint density at radius 2 is 1.67 bits per heavy atom. The first-order valence-corrected chi connectivity index (χ1v) is 6.43. The summed E-state index contributed by atoms with van der Waals surface area (Å²) in [4.78, 5) is 22.8. The van der Waals surface area contributed by atoms with Crippen LogP contribution in [0.25, 0.3) is 0 Å². The van der Waals surface area contributed by atoms with Crippen molar-refractivity contribution in [2.75, 3.05) is 17.7 Å². The molecular weight excluding hydrogens is 298 g/mol. The predicted molar refractivity (Wildman–Crippen MR) is 73.4 cm³/mol. The van der Waals surface area contributed by atoms with Crippen molar-refractivity contribution in [2.45, 2.75) is 6.42 Å². The van der Waals surface area contributed by atoms with Crippen molar-refractivity contribution in [1.29, 1.82) is 0 Å². The summed E-state index contributed by atoms with van der Waals surface area (Å²) in [5.74, 6) is -1.08. The van der Waals surface area contributed by atoms with E-state index in [0.29, 0.717) is 34.6 Å². The molecule has 0 unspecified atom stereocenters. The van der Waals surface area contributed by atoms with E-state index in [1.165, 1.54) is 18.2 Å². The highest BCUT2D eigenvalue weighted by molar-refractivity contribution is 6.40. The van der Waals surface area contributed by atoms with E-state index in [-0.39, 0.29) is 0 Å². The number of hydrogen-bond donors (Lipinski definition) is 2. The molecular formula is C11H11Cl3N2O2. The van der Waals surface area contributed by atoms with Crippen LogP contribution >= 0.6 is 34.8 Å². The molecule has 0 aromatic heterocycles. The number of anilines is 1. The Labute approximate surface area is 120 Å². The molecule has 0 aliphatic carbocycles. The molecule has 0 atom stereocenters. The third kappa shape index (κ3) is 5.12. The lowest BCUT2D eigenvalue weighted by molar-refractivity contribution is -0.136. The molecule has 0 bridgehead atoms. The molecule has 0 saturated carbocycles. The van der Waals surface area contributed by atoms with E-state index >= 15 is 0 Å². The van der Waals surface area contributed by atoms with Gasteiger partial charge < -0.3 is 10.6 Å². The van der Waals surface area contributed by atoms with Gasteiger partial charge in [0.05, 0.1) is 0 Å². The van der Waals surface area contributed by atoms with Gasteiger partial charge in [0.15, 0.2) is 0 Å². The van der Waals surface area contributed by atoms with Gasteiger partial charge in [-0.3, -0.25) is 9.59 Å². The van der Waals surface area contributed by atoms with Gasteiger partial charge in [-0.25, -0.2) is 0 Å². The van der Waals surface area contributed by atoms with Crippen LogP contribution < -0.4 is 10.6 Å². The Kier molecular flexibility index (Phi) is 6.25. The molecule has 0 radical (unpaired) electrons. The summed E-state index contributed by atoms with van der Waals surface area (Å²) in [5.41, 5.74) is 0.366. The zero-order valence-corrected chi connectivity index (χ0v) is 11.6. The fraction of sp³-hybridized carbons (Fsp3) is 0.273. The Morgan fingerprint density at radius 3 is 2.22 bits per heavy atom. The number of carbonyl (C=O) groups is 2. The van der Waals surface area contributed by atoms with Gasteiger partial charge in [-0.2, -0.15) is 0 Å². The lowest BCUT2D eigenvalue weighted by Gasteiger charge is -2.06. The molecule has 18 heavy (non-hydrogen) atoms. The van der Waals surface area contributed by atoms with Crippen molar-refractivity contribution in [2.24, 2.45) is 0 Å². The number of halogens is 3. The van der Waals surface area contributed by atoms with Crippen molar-refractivity contribution in [3.05, 3.63) is 28.2 Å². The zero-order chi connectivity index (χ0) is 13.5. The molecule has 1 aromatic carbocycles. The molecule has 0 spiro atoms. The number of amides is 2. The van der Waals surface area contributed by atoms with E-state index in [2.05, 4.69) is 10.6 Å². The molecule has 0 aliphatic heterocycles. The smallest absolute Gasteiger partial charge is 0.313 e. The van der Waals surface area contributed by atoms with E-state index in [1.807, 2.05) is 0 Å². The third-order valence-electron chi connectivity index (χ3n) is 1.92. The largest absolute Gasteiger partial charge is 0.348 e. The minimum atomic E-state index is -0.775. The summed E-state index contributed by atoms with van der Waals surface area (Å²) < 4.78 is 0. The molecule has 0 saturated heterocycles. The van der Waals surface area contributed by atoms with Crippen molar-refractivity contribution < 1.29 is 9.59 Å². The molecule has 0 fully saturated rings. The second kappa shape index (κ2) is 7.46. The van der Waals surface area contributed by atoms with Gasteiger partial charge in [0.1, 0.15) is 0 Å². The highest BCUT2D eigenvalue weighted by Crippen LogP contribution is 2.22. The quantitative estimate of drug-likeness (QED) is 0.510. The summed E-state index contributed by atoms with van der Waals surface area (Å²) >= 11 is 17.0. The average Bonchev–Trinajstić information content (AvgIpc) is 2.27. The molecule has 98 valence electrons. The molecule has 0 aliphatic rings. The number of rotatable bonds is 4. The summed E-state index contributed by atoms with van der Waals surface area (Å²) in [7, 11) is 0. The Bertz CT molecular complexity index is 432. The highest BCUT2D eigenvalue weighted by atomic mass is 35.5. The molecule has 1 aromatic rings. The minimum absolute atomic E-state index is 0.353. The summed E-state index contributed by atoms with van der Waals surface area (Å²) in [6.07, 6.45) is 0.601. The Morgan fingerprint density at radius 1 is 1.06 bits per heavy atom. The van der Waals surface area contributed by atoms with Crippen LogP contribution in [0.5, 0.6) is 0 Å². The van der Waals surface area contributed by atoms with E-state index in [1.54, 1.807) is 0 Å². The van der Waals surface area contributed by atoms with Crippen molar-refractivity contribution in [3.8, 4) is 0 Å². The molecule has 2 amide bonds. The van der Waals surface area contributed by atoms with Crippen LogP contribution in [0, 0.1) is 0 Å². The van der Waals surface area contributed by atoms with Gasteiger partial charge in [0, 0.05) is 28.2 Å². The first-order chi connectivity index (χ1) is 8.52. The van der Waals surface area contributed by atoms with Crippen LogP contribution in [-0.4, -0.2) is 24.2 Å². The van der Waals surface area contributed by atoms with Gasteiger partial charge >= 0.3 is 11.8 Å². The predicted octanol–water partition coefficient (Wildman–Crippen LogP) is 2.68.